The van der Waals surface area contributed by atoms with Gasteiger partial charge >= 0.3 is 6.09 Å². The third kappa shape index (κ3) is 8.03. The van der Waals surface area contributed by atoms with Crippen LogP contribution in [-0.2, 0) is 34.0 Å². The number of pyridine rings is 1. The molecule has 3 aliphatic carbocycles. The molecule has 2 heterocycles. The Hall–Kier alpha value is -4.53. The summed E-state index contributed by atoms with van der Waals surface area (Å²) in [6.45, 7) is 9.10. The predicted molar refractivity (Wildman–Crippen MR) is 189 cm³/mol. The van der Waals surface area contributed by atoms with E-state index in [1.165, 1.54) is 17.2 Å². The third-order valence-corrected chi connectivity index (χ3v) is 12.0. The third-order valence-electron chi connectivity index (χ3n) is 10.1. The van der Waals surface area contributed by atoms with Crippen molar-refractivity contribution in [3.63, 3.8) is 0 Å². The molecule has 1 aliphatic heterocycles. The van der Waals surface area contributed by atoms with Crippen LogP contribution in [0.4, 0.5) is 4.79 Å². The average molecular weight is 723 g/mol. The number of rotatable bonds is 12. The number of hydrogen-bond donors (Lipinski definition) is 3. The van der Waals surface area contributed by atoms with Crippen LogP contribution in [0.25, 0.3) is 10.8 Å². The first-order valence-corrected chi connectivity index (χ1v) is 19.1. The summed E-state index contributed by atoms with van der Waals surface area (Å²) >= 11 is 0. The summed E-state index contributed by atoms with van der Waals surface area (Å²) in [4.78, 5) is 66.4. The van der Waals surface area contributed by atoms with Crippen LogP contribution in [0.2, 0.25) is 0 Å². The second kappa shape index (κ2) is 14.2. The van der Waals surface area contributed by atoms with Gasteiger partial charge in [-0.2, -0.15) is 0 Å². The number of likely N-dealkylation sites (tertiary alicyclic amines) is 1. The zero-order chi connectivity index (χ0) is 36.6. The van der Waals surface area contributed by atoms with Crippen molar-refractivity contribution in [1.82, 2.24) is 25.2 Å². The molecule has 0 unspecified atom stereocenters. The van der Waals surface area contributed by atoms with Gasteiger partial charge in [-0.3, -0.25) is 24.1 Å². The number of hydrogen-bond acceptors (Lipinski definition) is 10. The number of aromatic nitrogens is 1. The quantitative estimate of drug-likeness (QED) is 0.168. The van der Waals surface area contributed by atoms with E-state index in [0.717, 1.165) is 36.5 Å². The number of carbonyl (C=O) groups excluding carboxylic acids is 4. The van der Waals surface area contributed by atoms with Crippen LogP contribution in [0.15, 0.2) is 54.5 Å². The van der Waals surface area contributed by atoms with E-state index in [9.17, 15) is 27.6 Å². The van der Waals surface area contributed by atoms with Crippen LogP contribution >= 0.6 is 0 Å². The maximum atomic E-state index is 14.4. The summed E-state index contributed by atoms with van der Waals surface area (Å²) in [5, 5.41) is 10.9. The molecule has 15 heteroatoms. The van der Waals surface area contributed by atoms with Crippen molar-refractivity contribution in [2.75, 3.05) is 6.54 Å². The second-order valence-electron chi connectivity index (χ2n) is 15.1. The van der Waals surface area contributed by atoms with Gasteiger partial charge < -0.3 is 25.1 Å². The molecule has 1 aromatic carbocycles. The number of nitrogens with one attached hydrogen (secondary N) is 3. The van der Waals surface area contributed by atoms with E-state index >= 15 is 0 Å². The molecule has 0 bridgehead atoms. The number of carbonyl (C=O) groups is 4. The van der Waals surface area contributed by atoms with Crippen LogP contribution in [0.3, 0.4) is 0 Å². The lowest BCUT2D eigenvalue weighted by Crippen LogP contribution is -2.60. The normalized spacial score (nSPS) is 25.7. The van der Waals surface area contributed by atoms with E-state index in [2.05, 4.69) is 32.1 Å². The van der Waals surface area contributed by atoms with Gasteiger partial charge in [0.15, 0.2) is 0 Å². The maximum Gasteiger partial charge on any atom is 0.408 e. The Labute approximate surface area is 297 Å². The Morgan fingerprint density at radius 1 is 1.08 bits per heavy atom. The van der Waals surface area contributed by atoms with Crippen molar-refractivity contribution >= 4 is 50.8 Å². The van der Waals surface area contributed by atoms with Gasteiger partial charge in [0.25, 0.3) is 5.91 Å². The van der Waals surface area contributed by atoms with Gasteiger partial charge in [-0.1, -0.05) is 56.3 Å². The minimum Gasteiger partial charge on any atom is -0.446 e. The number of sulfonamides is 1. The molecular weight excluding hydrogens is 676 g/mol. The first-order chi connectivity index (χ1) is 24.2. The van der Waals surface area contributed by atoms with Crippen LogP contribution in [0, 0.1) is 11.3 Å². The Morgan fingerprint density at radius 2 is 1.80 bits per heavy atom. The summed E-state index contributed by atoms with van der Waals surface area (Å²) in [6.07, 6.45) is 9.28. The molecule has 3 saturated carbocycles. The Morgan fingerprint density at radius 3 is 2.47 bits per heavy atom. The van der Waals surface area contributed by atoms with Gasteiger partial charge in [-0.25, -0.2) is 13.2 Å². The molecule has 14 nitrogen and oxygen atoms in total. The summed E-state index contributed by atoms with van der Waals surface area (Å²) < 4.78 is 33.0. The fourth-order valence-corrected chi connectivity index (χ4v) is 8.29. The molecule has 0 spiro atoms. The smallest absolute Gasteiger partial charge is 0.408 e. The number of amides is 4. The van der Waals surface area contributed by atoms with E-state index in [0.29, 0.717) is 18.4 Å². The van der Waals surface area contributed by atoms with Crippen LogP contribution in [-0.4, -0.2) is 90.0 Å². The number of benzene rings is 1. The molecule has 0 radical (unpaired) electrons. The molecule has 51 heavy (non-hydrogen) atoms. The Kier molecular flexibility index (Phi) is 10.1. The molecule has 1 saturated heterocycles. The molecule has 4 fully saturated rings. The highest BCUT2D eigenvalue weighted by Gasteiger charge is 2.62. The second-order valence-corrected chi connectivity index (χ2v) is 17.1. The minimum absolute atomic E-state index is 0.0168. The number of fused-ring (bicyclic) bond motifs is 1. The summed E-state index contributed by atoms with van der Waals surface area (Å²) in [7, 11) is -3.89. The predicted octanol–water partition coefficient (Wildman–Crippen LogP) is 3.31. The summed E-state index contributed by atoms with van der Waals surface area (Å²) in [6, 6.07) is 5.46. The topological polar surface area (TPSA) is 185 Å². The molecule has 3 N–H and O–H groups in total. The van der Waals surface area contributed by atoms with Crippen molar-refractivity contribution in [1.29, 1.82) is 0 Å². The minimum atomic E-state index is -3.89. The van der Waals surface area contributed by atoms with Gasteiger partial charge in [0, 0.05) is 35.7 Å². The lowest BCUT2D eigenvalue weighted by Gasteiger charge is -2.35. The molecule has 274 valence electrons. The maximum absolute atomic E-state index is 14.4. The van der Waals surface area contributed by atoms with Gasteiger partial charge in [-0.05, 0) is 55.7 Å². The standard InChI is InChI=1S/C36H46N6O8S/c1-5-24-17-36(24,33(45)41-51(47,48)27-14-15-27)40-31(43)29-16-26(50-38-20-23-19-37-18-22-10-6-9-13-28(22)23)21-42(29)32(44)30(35(2,3)4)39-34(46)49-25-11-7-8-12-25/h5-6,9-10,13,18-20,24-27,29-30H,1,7-8,11-12,14-17,21H2,2-4H3,(H,39,46)(H,40,43)(H,41,45)/b38-20+/t24-,26-,29+,30-,36+/m1/s1. The summed E-state index contributed by atoms with van der Waals surface area (Å²) in [5.41, 5.74) is -1.61. The van der Waals surface area contributed by atoms with Gasteiger partial charge in [0.05, 0.1) is 18.0 Å². The van der Waals surface area contributed by atoms with Gasteiger partial charge in [-0.15, -0.1) is 6.58 Å². The lowest BCUT2D eigenvalue weighted by molar-refractivity contribution is -0.143. The monoisotopic (exact) mass is 722 g/mol. The van der Waals surface area contributed by atoms with E-state index in [4.69, 9.17) is 9.57 Å². The van der Waals surface area contributed by atoms with Crippen molar-refractivity contribution in [3.8, 4) is 0 Å². The highest BCUT2D eigenvalue weighted by Crippen LogP contribution is 2.45. The van der Waals surface area contributed by atoms with E-state index < -0.39 is 74.1 Å². The highest BCUT2D eigenvalue weighted by molar-refractivity contribution is 7.91. The molecular formula is C36H46N6O8S. The van der Waals surface area contributed by atoms with E-state index in [1.54, 1.807) is 33.2 Å². The fraction of sp³-hybridized carbons (Fsp3) is 0.556. The number of ether oxygens (including phenoxy) is 1. The molecule has 4 aliphatic rings. The van der Waals surface area contributed by atoms with E-state index in [-0.39, 0.29) is 25.5 Å². The largest absolute Gasteiger partial charge is 0.446 e. The first kappa shape index (κ1) is 36.3. The first-order valence-electron chi connectivity index (χ1n) is 17.5. The van der Waals surface area contributed by atoms with Crippen molar-refractivity contribution in [2.45, 2.75) is 107 Å². The zero-order valence-electron chi connectivity index (χ0n) is 29.2. The molecule has 2 aromatic rings. The molecule has 6 rings (SSSR count). The van der Waals surface area contributed by atoms with Gasteiger partial charge in [0.1, 0.15) is 29.8 Å². The number of nitrogens with zero attached hydrogens (tertiary/aromatic N) is 3. The van der Waals surface area contributed by atoms with Crippen molar-refractivity contribution in [3.05, 3.63) is 54.9 Å². The van der Waals surface area contributed by atoms with Crippen LogP contribution < -0.4 is 15.4 Å². The molecule has 1 aromatic heterocycles. The summed E-state index contributed by atoms with van der Waals surface area (Å²) in [5.74, 6) is -2.55. The van der Waals surface area contributed by atoms with Crippen LogP contribution in [0.5, 0.6) is 0 Å². The van der Waals surface area contributed by atoms with Gasteiger partial charge in [0.2, 0.25) is 21.8 Å². The average Bonchev–Trinajstić information content (AvgIpc) is 3.96. The van der Waals surface area contributed by atoms with Crippen molar-refractivity contribution in [2.24, 2.45) is 16.5 Å². The zero-order valence-corrected chi connectivity index (χ0v) is 30.0. The van der Waals surface area contributed by atoms with Crippen molar-refractivity contribution < 1.29 is 37.2 Å². The Bertz CT molecular complexity index is 1830. The molecule has 4 amide bonds. The number of oxime groups is 1. The SMILES string of the molecule is C=C[C@@H]1C[C@@]1(NC(=O)[C@@H]1C[C@@H](O/N=C/c2cncc3ccccc23)CN1C(=O)[C@@H](NC(=O)OC1CCCC1)C(C)(C)C)C(=O)NS(=O)(=O)C1CC1. The number of alkyl carbamates (subject to hydrolysis) is 1. The lowest BCUT2D eigenvalue weighted by atomic mass is 9.85. The molecule has 5 atom stereocenters. The fourth-order valence-electron chi connectivity index (χ4n) is 6.93. The van der Waals surface area contributed by atoms with Crippen LogP contribution in [0.1, 0.15) is 77.7 Å². The highest BCUT2D eigenvalue weighted by atomic mass is 32.2. The Balaban J connectivity index is 1.23. The van der Waals surface area contributed by atoms with E-state index in [1.807, 2.05) is 24.3 Å².